The fourth-order valence-electron chi connectivity index (χ4n) is 2.48. The number of ether oxygens (including phenoxy) is 3. The van der Waals surface area contributed by atoms with Gasteiger partial charge in [0, 0.05) is 18.2 Å². The lowest BCUT2D eigenvalue weighted by atomic mass is 10.1. The number of aromatic amines is 1. The summed E-state index contributed by atoms with van der Waals surface area (Å²) < 4.78 is 16.1. The molecule has 3 aromatic rings. The van der Waals surface area contributed by atoms with Crippen molar-refractivity contribution in [2.45, 2.75) is 13.5 Å². The van der Waals surface area contributed by atoms with E-state index in [-0.39, 0.29) is 0 Å². The lowest BCUT2D eigenvalue weighted by Crippen LogP contribution is -2.06. The Morgan fingerprint density at radius 1 is 1.00 bits per heavy atom. The smallest absolute Gasteiger partial charge is 0.183 e. The number of aromatic nitrogens is 4. The van der Waals surface area contributed by atoms with Crippen LogP contribution in [0.2, 0.25) is 0 Å². The van der Waals surface area contributed by atoms with Crippen LogP contribution in [-0.4, -0.2) is 41.3 Å². The molecule has 2 heterocycles. The highest BCUT2D eigenvalue weighted by Crippen LogP contribution is 2.35. The van der Waals surface area contributed by atoms with E-state index >= 15 is 0 Å². The second-order valence-electron chi connectivity index (χ2n) is 5.09. The summed E-state index contributed by atoms with van der Waals surface area (Å²) in [5.74, 6) is 3.29. The van der Waals surface area contributed by atoms with Crippen molar-refractivity contribution in [3.05, 3.63) is 29.8 Å². The van der Waals surface area contributed by atoms with Crippen LogP contribution in [0.5, 0.6) is 17.2 Å². The molecule has 0 aliphatic carbocycles. The predicted octanol–water partition coefficient (Wildman–Crippen LogP) is 2.30. The Hall–Kier alpha value is -3.03. The number of anilines is 1. The van der Waals surface area contributed by atoms with E-state index in [0.717, 1.165) is 11.1 Å². The zero-order valence-electron chi connectivity index (χ0n) is 14.0. The van der Waals surface area contributed by atoms with Crippen molar-refractivity contribution in [2.75, 3.05) is 26.6 Å². The number of rotatable bonds is 6. The van der Waals surface area contributed by atoms with Crippen LogP contribution in [0.25, 0.3) is 11.2 Å². The van der Waals surface area contributed by atoms with Crippen LogP contribution >= 0.6 is 0 Å². The number of benzene rings is 1. The maximum absolute atomic E-state index is 5.44. The molecular weight excluding hydrogens is 310 g/mol. The van der Waals surface area contributed by atoms with Crippen LogP contribution in [0.3, 0.4) is 0 Å². The van der Waals surface area contributed by atoms with Gasteiger partial charge in [0.1, 0.15) is 17.1 Å². The monoisotopic (exact) mass is 329 g/mol. The molecule has 2 aromatic heterocycles. The van der Waals surface area contributed by atoms with Gasteiger partial charge >= 0.3 is 0 Å². The summed E-state index contributed by atoms with van der Waals surface area (Å²) in [4.78, 5) is 15.9. The number of nitrogens with one attached hydrogen (secondary N) is 2. The Kier molecular flexibility index (Phi) is 4.37. The largest absolute Gasteiger partial charge is 0.496 e. The van der Waals surface area contributed by atoms with Gasteiger partial charge in [0.25, 0.3) is 0 Å². The lowest BCUT2D eigenvalue weighted by Gasteiger charge is -2.15. The Balaban J connectivity index is 1.92. The number of fused-ring (bicyclic) bond motifs is 1. The topological polar surface area (TPSA) is 94.2 Å². The second-order valence-corrected chi connectivity index (χ2v) is 5.09. The highest BCUT2D eigenvalue weighted by molar-refractivity contribution is 5.82. The van der Waals surface area contributed by atoms with Crippen LogP contribution in [0.15, 0.2) is 18.5 Å². The van der Waals surface area contributed by atoms with Gasteiger partial charge in [0.05, 0.1) is 27.7 Å². The number of imidazole rings is 1. The highest BCUT2D eigenvalue weighted by Gasteiger charge is 2.13. The zero-order valence-corrected chi connectivity index (χ0v) is 14.0. The van der Waals surface area contributed by atoms with E-state index in [1.54, 1.807) is 33.7 Å². The number of hydrogen-bond acceptors (Lipinski definition) is 7. The summed E-state index contributed by atoms with van der Waals surface area (Å²) in [5.41, 5.74) is 2.31. The molecule has 0 aliphatic rings. The first kappa shape index (κ1) is 15.9. The predicted molar refractivity (Wildman–Crippen MR) is 89.8 cm³/mol. The third-order valence-electron chi connectivity index (χ3n) is 3.63. The van der Waals surface area contributed by atoms with Crippen molar-refractivity contribution in [2.24, 2.45) is 0 Å². The van der Waals surface area contributed by atoms with Gasteiger partial charge in [-0.15, -0.1) is 0 Å². The standard InChI is InChI=1S/C16H19N5O3/c1-9-20-15(14-16(21-9)19-8-18-14)17-7-10-5-12(23-3)13(24-4)6-11(10)22-2/h5-6,8H,7H2,1-4H3,(H2,17,18,19,20,21). The molecule has 8 heteroatoms. The van der Waals surface area contributed by atoms with Crippen molar-refractivity contribution >= 4 is 17.0 Å². The van der Waals surface area contributed by atoms with Gasteiger partial charge in [-0.25, -0.2) is 15.0 Å². The molecule has 8 nitrogen and oxygen atoms in total. The van der Waals surface area contributed by atoms with Gasteiger partial charge in [-0.1, -0.05) is 0 Å². The molecular formula is C16H19N5O3. The Morgan fingerprint density at radius 2 is 1.71 bits per heavy atom. The van der Waals surface area contributed by atoms with Gasteiger partial charge < -0.3 is 24.5 Å². The van der Waals surface area contributed by atoms with Crippen molar-refractivity contribution in [1.82, 2.24) is 19.9 Å². The maximum Gasteiger partial charge on any atom is 0.183 e. The lowest BCUT2D eigenvalue weighted by molar-refractivity contribution is 0.347. The van der Waals surface area contributed by atoms with E-state index in [1.165, 1.54) is 0 Å². The number of nitrogens with zero attached hydrogens (tertiary/aromatic N) is 3. The Bertz CT molecular complexity index is 862. The molecule has 0 fully saturated rings. The van der Waals surface area contributed by atoms with E-state index in [9.17, 15) is 0 Å². The normalized spacial score (nSPS) is 10.7. The van der Waals surface area contributed by atoms with Crippen LogP contribution in [0, 0.1) is 6.92 Å². The summed E-state index contributed by atoms with van der Waals surface area (Å²) in [6, 6.07) is 3.68. The first-order valence-electron chi connectivity index (χ1n) is 7.36. The van der Waals surface area contributed by atoms with Crippen LogP contribution < -0.4 is 19.5 Å². The molecule has 0 atom stereocenters. The number of methoxy groups -OCH3 is 3. The average Bonchev–Trinajstić information content (AvgIpc) is 3.07. The molecule has 0 aliphatic heterocycles. The average molecular weight is 329 g/mol. The zero-order chi connectivity index (χ0) is 17.1. The molecule has 0 radical (unpaired) electrons. The second kappa shape index (κ2) is 6.61. The third kappa shape index (κ3) is 2.90. The molecule has 0 bridgehead atoms. The Labute approximate surface area is 139 Å². The first-order valence-corrected chi connectivity index (χ1v) is 7.36. The summed E-state index contributed by atoms with van der Waals surface area (Å²) in [5, 5.41) is 3.30. The van der Waals surface area contributed by atoms with E-state index in [0.29, 0.717) is 41.1 Å². The first-order chi connectivity index (χ1) is 11.7. The van der Waals surface area contributed by atoms with Crippen LogP contribution in [0.1, 0.15) is 11.4 Å². The van der Waals surface area contributed by atoms with Gasteiger partial charge in [-0.3, -0.25) is 0 Å². The van der Waals surface area contributed by atoms with Gasteiger partial charge in [-0.2, -0.15) is 0 Å². The summed E-state index contributed by atoms with van der Waals surface area (Å²) in [7, 11) is 4.81. The minimum atomic E-state index is 0.494. The summed E-state index contributed by atoms with van der Waals surface area (Å²) in [6.07, 6.45) is 1.60. The van der Waals surface area contributed by atoms with Crippen molar-refractivity contribution < 1.29 is 14.2 Å². The molecule has 0 saturated carbocycles. The van der Waals surface area contributed by atoms with E-state index in [4.69, 9.17) is 14.2 Å². The van der Waals surface area contributed by atoms with Gasteiger partial charge in [0.15, 0.2) is 23.0 Å². The molecule has 3 rings (SSSR count). The maximum atomic E-state index is 5.44. The van der Waals surface area contributed by atoms with Crippen molar-refractivity contribution in [3.63, 3.8) is 0 Å². The SMILES string of the molecule is COc1cc(OC)c(OC)cc1CNc1nc(C)nc2nc[nH]c12. The number of aryl methyl sites for hydroxylation is 1. The molecule has 0 spiro atoms. The van der Waals surface area contributed by atoms with E-state index in [2.05, 4.69) is 25.3 Å². The van der Waals surface area contributed by atoms with Crippen LogP contribution in [-0.2, 0) is 6.54 Å². The Morgan fingerprint density at radius 3 is 2.42 bits per heavy atom. The quantitative estimate of drug-likeness (QED) is 0.716. The van der Waals surface area contributed by atoms with E-state index < -0.39 is 0 Å². The van der Waals surface area contributed by atoms with Gasteiger partial charge in [-0.05, 0) is 13.0 Å². The van der Waals surface area contributed by atoms with Crippen LogP contribution in [0.4, 0.5) is 5.82 Å². The number of hydrogen-bond donors (Lipinski definition) is 2. The van der Waals surface area contributed by atoms with E-state index in [1.807, 2.05) is 13.0 Å². The molecule has 24 heavy (non-hydrogen) atoms. The fraction of sp³-hybridized carbons (Fsp3) is 0.312. The summed E-state index contributed by atoms with van der Waals surface area (Å²) in [6.45, 7) is 2.32. The minimum Gasteiger partial charge on any atom is -0.496 e. The molecule has 2 N–H and O–H groups in total. The van der Waals surface area contributed by atoms with Gasteiger partial charge in [0.2, 0.25) is 0 Å². The molecule has 0 unspecified atom stereocenters. The number of H-pyrrole nitrogens is 1. The molecule has 0 amide bonds. The molecule has 1 aromatic carbocycles. The molecule has 0 saturated heterocycles. The van der Waals surface area contributed by atoms with Crippen molar-refractivity contribution in [3.8, 4) is 17.2 Å². The highest BCUT2D eigenvalue weighted by atomic mass is 16.5. The van der Waals surface area contributed by atoms with Crippen molar-refractivity contribution in [1.29, 1.82) is 0 Å². The molecule has 126 valence electrons. The minimum absolute atomic E-state index is 0.494. The third-order valence-corrected chi connectivity index (χ3v) is 3.63. The summed E-state index contributed by atoms with van der Waals surface area (Å²) >= 11 is 0. The fourth-order valence-corrected chi connectivity index (χ4v) is 2.48.